The van der Waals surface area contributed by atoms with E-state index in [4.69, 9.17) is 9.47 Å². The highest BCUT2D eigenvalue weighted by atomic mass is 32.1. The van der Waals surface area contributed by atoms with Crippen molar-refractivity contribution in [2.24, 2.45) is 0 Å². The molecule has 0 N–H and O–H groups in total. The van der Waals surface area contributed by atoms with Crippen LogP contribution in [0.5, 0.6) is 0 Å². The Hall–Kier alpha value is -1.24. The van der Waals surface area contributed by atoms with Crippen LogP contribution >= 0.6 is 11.3 Å². The molecule has 4 rings (SSSR count). The molecule has 106 valence electrons. The van der Waals surface area contributed by atoms with Crippen LogP contribution in [-0.2, 0) is 9.47 Å². The molecule has 0 radical (unpaired) electrons. The lowest BCUT2D eigenvalue weighted by Crippen LogP contribution is -2.45. The third kappa shape index (κ3) is 2.08. The molecule has 0 atom stereocenters. The minimum Gasteiger partial charge on any atom is -0.348 e. The average molecular weight is 294 g/mol. The molecule has 1 spiro atoms. The lowest BCUT2D eigenvalue weighted by molar-refractivity contribution is -0.169. The Morgan fingerprint density at radius 1 is 1.20 bits per heavy atom. The molecule has 6 heteroatoms. The van der Waals surface area contributed by atoms with E-state index in [0.717, 1.165) is 41.3 Å². The molecule has 2 aliphatic heterocycles. The second-order valence-corrected chi connectivity index (χ2v) is 6.21. The van der Waals surface area contributed by atoms with E-state index in [0.29, 0.717) is 13.2 Å². The Labute approximate surface area is 120 Å². The van der Waals surface area contributed by atoms with Crippen LogP contribution in [0.1, 0.15) is 12.8 Å². The van der Waals surface area contributed by atoms with Gasteiger partial charge in [-0.05, 0) is 18.2 Å². The van der Waals surface area contributed by atoms with Crippen molar-refractivity contribution in [2.75, 3.05) is 31.2 Å². The number of hydrogen-bond acceptors (Lipinski definition) is 5. The number of benzene rings is 1. The van der Waals surface area contributed by atoms with Crippen molar-refractivity contribution in [3.05, 3.63) is 24.0 Å². The quantitative estimate of drug-likeness (QED) is 0.810. The predicted molar refractivity (Wildman–Crippen MR) is 75.7 cm³/mol. The molecule has 20 heavy (non-hydrogen) atoms. The second kappa shape index (κ2) is 4.65. The highest BCUT2D eigenvalue weighted by molar-refractivity contribution is 7.22. The largest absolute Gasteiger partial charge is 0.348 e. The van der Waals surface area contributed by atoms with E-state index in [-0.39, 0.29) is 11.6 Å². The van der Waals surface area contributed by atoms with Gasteiger partial charge in [-0.2, -0.15) is 0 Å². The van der Waals surface area contributed by atoms with E-state index in [1.54, 1.807) is 23.5 Å². The third-order valence-electron chi connectivity index (χ3n) is 3.95. The number of hydrogen-bond donors (Lipinski definition) is 0. The fourth-order valence-electron chi connectivity index (χ4n) is 2.85. The van der Waals surface area contributed by atoms with Crippen LogP contribution < -0.4 is 4.90 Å². The van der Waals surface area contributed by atoms with Gasteiger partial charge in [0.25, 0.3) is 0 Å². The number of ether oxygens (including phenoxy) is 2. The standard InChI is InChI=1S/C14H15FN2O2S/c15-10-1-2-11-12(9-10)20-13(16-11)17-5-3-14(4-6-17)18-7-8-19-14/h1-2,9H,3-8H2. The molecule has 2 aliphatic rings. The van der Waals surface area contributed by atoms with Crippen LogP contribution in [0.4, 0.5) is 9.52 Å². The first-order valence-electron chi connectivity index (χ1n) is 6.83. The van der Waals surface area contributed by atoms with Gasteiger partial charge in [-0.3, -0.25) is 0 Å². The summed E-state index contributed by atoms with van der Waals surface area (Å²) < 4.78 is 25.6. The van der Waals surface area contributed by atoms with Crippen LogP contribution in [0, 0.1) is 5.82 Å². The van der Waals surface area contributed by atoms with Crippen molar-refractivity contribution < 1.29 is 13.9 Å². The van der Waals surface area contributed by atoms with Gasteiger partial charge in [0, 0.05) is 25.9 Å². The van der Waals surface area contributed by atoms with Crippen molar-refractivity contribution in [1.82, 2.24) is 4.98 Å². The summed E-state index contributed by atoms with van der Waals surface area (Å²) in [5.74, 6) is -0.572. The van der Waals surface area contributed by atoms with Crippen molar-refractivity contribution >= 4 is 26.7 Å². The molecule has 0 amide bonds. The predicted octanol–water partition coefficient (Wildman–Crippen LogP) is 2.78. The maximum absolute atomic E-state index is 13.2. The van der Waals surface area contributed by atoms with Crippen LogP contribution in [-0.4, -0.2) is 37.1 Å². The van der Waals surface area contributed by atoms with E-state index < -0.39 is 0 Å². The summed E-state index contributed by atoms with van der Waals surface area (Å²) in [4.78, 5) is 6.82. The number of fused-ring (bicyclic) bond motifs is 1. The highest BCUT2D eigenvalue weighted by Crippen LogP contribution is 2.36. The number of nitrogens with zero attached hydrogens (tertiary/aromatic N) is 2. The molecule has 4 nitrogen and oxygen atoms in total. The Balaban J connectivity index is 1.55. The number of rotatable bonds is 1. The number of thiazole rings is 1. The minimum absolute atomic E-state index is 0.210. The third-order valence-corrected chi connectivity index (χ3v) is 5.03. The van der Waals surface area contributed by atoms with E-state index in [1.807, 2.05) is 0 Å². The molecule has 0 aliphatic carbocycles. The van der Waals surface area contributed by atoms with Gasteiger partial charge in [-0.15, -0.1) is 0 Å². The Morgan fingerprint density at radius 3 is 2.70 bits per heavy atom. The molecular weight excluding hydrogens is 279 g/mol. The molecule has 1 aromatic heterocycles. The van der Waals surface area contributed by atoms with Crippen LogP contribution in [0.15, 0.2) is 18.2 Å². The van der Waals surface area contributed by atoms with E-state index in [9.17, 15) is 4.39 Å². The normalized spacial score (nSPS) is 21.9. The molecule has 2 aromatic rings. The number of piperidine rings is 1. The molecule has 0 bridgehead atoms. The first-order valence-corrected chi connectivity index (χ1v) is 7.65. The SMILES string of the molecule is Fc1ccc2nc(N3CCC4(CC3)OCCO4)sc2c1. The summed E-state index contributed by atoms with van der Waals surface area (Å²) in [7, 11) is 0. The van der Waals surface area contributed by atoms with Gasteiger partial charge >= 0.3 is 0 Å². The summed E-state index contributed by atoms with van der Waals surface area (Å²) in [6.07, 6.45) is 1.72. The smallest absolute Gasteiger partial charge is 0.186 e. The molecule has 2 fully saturated rings. The van der Waals surface area contributed by atoms with Gasteiger partial charge in [-0.25, -0.2) is 9.37 Å². The highest BCUT2D eigenvalue weighted by Gasteiger charge is 2.40. The Morgan fingerprint density at radius 2 is 1.95 bits per heavy atom. The first kappa shape index (κ1) is 12.5. The number of anilines is 1. The van der Waals surface area contributed by atoms with Gasteiger partial charge in [0.2, 0.25) is 0 Å². The zero-order chi connectivity index (χ0) is 13.6. The Bertz CT molecular complexity index is 629. The molecular formula is C14H15FN2O2S. The summed E-state index contributed by atoms with van der Waals surface area (Å²) in [6.45, 7) is 3.12. The van der Waals surface area contributed by atoms with Gasteiger partial charge in [0.1, 0.15) is 5.82 Å². The van der Waals surface area contributed by atoms with Gasteiger partial charge in [0.05, 0.1) is 23.4 Å². The summed E-state index contributed by atoms with van der Waals surface area (Å²) in [5.41, 5.74) is 0.861. The molecule has 3 heterocycles. The lowest BCUT2D eigenvalue weighted by atomic mass is 10.0. The van der Waals surface area contributed by atoms with Crippen LogP contribution in [0.3, 0.4) is 0 Å². The van der Waals surface area contributed by atoms with Crippen LogP contribution in [0.25, 0.3) is 10.2 Å². The first-order chi connectivity index (χ1) is 9.74. The summed E-state index contributed by atoms with van der Waals surface area (Å²) >= 11 is 1.54. The maximum atomic E-state index is 13.2. The molecule has 2 saturated heterocycles. The van der Waals surface area contributed by atoms with Crippen LogP contribution in [0.2, 0.25) is 0 Å². The topological polar surface area (TPSA) is 34.6 Å². The Kier molecular flexibility index (Phi) is 2.90. The fourth-order valence-corrected chi connectivity index (χ4v) is 3.89. The number of halogens is 1. The second-order valence-electron chi connectivity index (χ2n) is 5.20. The number of aromatic nitrogens is 1. The average Bonchev–Trinajstić information content (AvgIpc) is 3.06. The van der Waals surface area contributed by atoms with Gasteiger partial charge in [0.15, 0.2) is 10.9 Å². The zero-order valence-corrected chi connectivity index (χ0v) is 11.8. The zero-order valence-electron chi connectivity index (χ0n) is 11.0. The molecule has 1 aromatic carbocycles. The summed E-state index contributed by atoms with van der Waals surface area (Å²) in [5, 5.41) is 0.957. The monoisotopic (exact) mass is 294 g/mol. The van der Waals surface area contributed by atoms with E-state index >= 15 is 0 Å². The van der Waals surface area contributed by atoms with Gasteiger partial charge in [-0.1, -0.05) is 11.3 Å². The van der Waals surface area contributed by atoms with E-state index in [1.165, 1.54) is 6.07 Å². The molecule has 0 saturated carbocycles. The van der Waals surface area contributed by atoms with E-state index in [2.05, 4.69) is 9.88 Å². The lowest BCUT2D eigenvalue weighted by Gasteiger charge is -2.37. The van der Waals surface area contributed by atoms with Crippen molar-refractivity contribution in [3.63, 3.8) is 0 Å². The summed E-state index contributed by atoms with van der Waals surface area (Å²) in [6, 6.07) is 4.74. The fraction of sp³-hybridized carbons (Fsp3) is 0.500. The van der Waals surface area contributed by atoms with Crippen molar-refractivity contribution in [3.8, 4) is 0 Å². The van der Waals surface area contributed by atoms with Gasteiger partial charge < -0.3 is 14.4 Å². The maximum Gasteiger partial charge on any atom is 0.186 e. The van der Waals surface area contributed by atoms with Crippen molar-refractivity contribution in [2.45, 2.75) is 18.6 Å². The molecule has 0 unspecified atom stereocenters. The minimum atomic E-state index is -0.362. The van der Waals surface area contributed by atoms with Crippen molar-refractivity contribution in [1.29, 1.82) is 0 Å².